The van der Waals surface area contributed by atoms with Gasteiger partial charge in [-0.15, -0.1) is 11.6 Å². The number of alkyl halides is 1. The molecule has 19 heavy (non-hydrogen) atoms. The number of benzene rings is 1. The van der Waals surface area contributed by atoms with E-state index < -0.39 is 15.8 Å². The summed E-state index contributed by atoms with van der Waals surface area (Å²) in [6.07, 6.45) is 1.35. The van der Waals surface area contributed by atoms with Gasteiger partial charge in [0.1, 0.15) is 5.82 Å². The molecular formula is C11H11ClFN3O2S. The van der Waals surface area contributed by atoms with Crippen molar-refractivity contribution < 1.29 is 12.8 Å². The number of hydrogen-bond acceptors (Lipinski definition) is 3. The van der Waals surface area contributed by atoms with E-state index in [1.165, 1.54) is 31.4 Å². The number of halogens is 2. The first kappa shape index (κ1) is 13.8. The molecule has 0 fully saturated rings. The Hall–Kier alpha value is -1.60. The molecule has 0 aliphatic rings. The fourth-order valence-electron chi connectivity index (χ4n) is 1.57. The van der Waals surface area contributed by atoms with Crippen molar-refractivity contribution in [2.75, 3.05) is 11.4 Å². The van der Waals surface area contributed by atoms with E-state index in [4.69, 9.17) is 11.6 Å². The number of hydrogen-bond donors (Lipinski definition) is 1. The summed E-state index contributed by atoms with van der Waals surface area (Å²) < 4.78 is 38.8. The molecule has 0 unspecified atom stereocenters. The van der Waals surface area contributed by atoms with Crippen LogP contribution in [0.1, 0.15) is 5.56 Å². The third kappa shape index (κ3) is 2.57. The van der Waals surface area contributed by atoms with E-state index in [-0.39, 0.29) is 16.6 Å². The number of nitrogens with zero attached hydrogens (tertiary/aromatic N) is 2. The highest BCUT2D eigenvalue weighted by molar-refractivity contribution is 7.92. The standard InChI is InChI=1S/C11H11ClFN3O2S/c1-16(10-4-2-3-9(13)5-10)19(17,18)11-8(6-12)7-14-15-11/h2-5,7H,6H2,1H3,(H,14,15). The summed E-state index contributed by atoms with van der Waals surface area (Å²) >= 11 is 5.65. The number of anilines is 1. The van der Waals surface area contributed by atoms with Crippen LogP contribution in [-0.2, 0) is 15.9 Å². The SMILES string of the molecule is CN(c1cccc(F)c1)S(=O)(=O)c1[nH]ncc1CCl. The monoisotopic (exact) mass is 303 g/mol. The molecule has 0 spiro atoms. The van der Waals surface area contributed by atoms with E-state index in [2.05, 4.69) is 10.2 Å². The first-order valence-electron chi connectivity index (χ1n) is 5.29. The van der Waals surface area contributed by atoms with E-state index in [1.54, 1.807) is 0 Å². The predicted molar refractivity (Wildman–Crippen MR) is 70.1 cm³/mol. The Bertz CT molecular complexity index is 687. The van der Waals surface area contributed by atoms with Gasteiger partial charge in [0.25, 0.3) is 10.0 Å². The van der Waals surface area contributed by atoms with Gasteiger partial charge in [-0.25, -0.2) is 4.39 Å². The zero-order valence-electron chi connectivity index (χ0n) is 9.97. The van der Waals surface area contributed by atoms with Crippen molar-refractivity contribution in [1.82, 2.24) is 10.2 Å². The molecule has 2 aromatic rings. The normalized spacial score (nSPS) is 11.5. The number of nitrogens with one attached hydrogen (secondary N) is 1. The second-order valence-electron chi connectivity index (χ2n) is 3.81. The van der Waals surface area contributed by atoms with E-state index in [9.17, 15) is 12.8 Å². The lowest BCUT2D eigenvalue weighted by Crippen LogP contribution is -2.27. The largest absolute Gasteiger partial charge is 0.281 e. The zero-order chi connectivity index (χ0) is 14.0. The van der Waals surface area contributed by atoms with E-state index >= 15 is 0 Å². The minimum atomic E-state index is -3.84. The van der Waals surface area contributed by atoms with E-state index in [0.29, 0.717) is 5.56 Å². The average molecular weight is 304 g/mol. The average Bonchev–Trinajstić information content (AvgIpc) is 2.86. The smallest absolute Gasteiger partial charge is 0.268 e. The molecule has 0 aliphatic carbocycles. The highest BCUT2D eigenvalue weighted by Crippen LogP contribution is 2.24. The molecule has 0 atom stereocenters. The Kier molecular flexibility index (Phi) is 3.77. The summed E-state index contributed by atoms with van der Waals surface area (Å²) in [5.41, 5.74) is 0.583. The van der Waals surface area contributed by atoms with Crippen LogP contribution in [0.15, 0.2) is 35.5 Å². The quantitative estimate of drug-likeness (QED) is 0.880. The molecule has 5 nitrogen and oxygen atoms in total. The topological polar surface area (TPSA) is 66.1 Å². The van der Waals surface area contributed by atoms with Gasteiger partial charge in [0, 0.05) is 12.6 Å². The van der Waals surface area contributed by atoms with Crippen LogP contribution >= 0.6 is 11.6 Å². The second kappa shape index (κ2) is 5.18. The summed E-state index contributed by atoms with van der Waals surface area (Å²) in [7, 11) is -2.51. The van der Waals surface area contributed by atoms with Crippen molar-refractivity contribution in [3.63, 3.8) is 0 Å². The van der Waals surface area contributed by atoms with Crippen molar-refractivity contribution >= 4 is 27.3 Å². The maximum atomic E-state index is 13.1. The Morgan fingerprint density at radius 3 is 2.84 bits per heavy atom. The van der Waals surface area contributed by atoms with Gasteiger partial charge in [-0.05, 0) is 18.2 Å². The Morgan fingerprint density at radius 1 is 1.47 bits per heavy atom. The van der Waals surface area contributed by atoms with Crippen molar-refractivity contribution in [1.29, 1.82) is 0 Å². The Labute approximate surface area is 115 Å². The van der Waals surface area contributed by atoms with Crippen LogP contribution in [0.4, 0.5) is 10.1 Å². The molecule has 1 heterocycles. The number of sulfonamides is 1. The van der Waals surface area contributed by atoms with E-state index in [1.807, 2.05) is 0 Å². The molecule has 2 rings (SSSR count). The minimum absolute atomic E-state index is 0.0159. The fourth-order valence-corrected chi connectivity index (χ4v) is 3.14. The van der Waals surface area contributed by atoms with Crippen molar-refractivity contribution in [2.24, 2.45) is 0 Å². The van der Waals surface area contributed by atoms with Crippen molar-refractivity contribution in [3.8, 4) is 0 Å². The number of aromatic nitrogens is 2. The first-order valence-corrected chi connectivity index (χ1v) is 7.27. The molecule has 0 amide bonds. The number of H-pyrrole nitrogens is 1. The van der Waals surface area contributed by atoms with Crippen LogP contribution in [0.3, 0.4) is 0 Å². The van der Waals surface area contributed by atoms with Crippen LogP contribution in [-0.4, -0.2) is 25.7 Å². The molecule has 1 N–H and O–H groups in total. The zero-order valence-corrected chi connectivity index (χ0v) is 11.5. The van der Waals surface area contributed by atoms with Gasteiger partial charge in [0.2, 0.25) is 0 Å². The molecular weight excluding hydrogens is 293 g/mol. The summed E-state index contributed by atoms with van der Waals surface area (Å²) in [5.74, 6) is -0.496. The van der Waals surface area contributed by atoms with Gasteiger partial charge in [-0.3, -0.25) is 9.40 Å². The molecule has 8 heteroatoms. The summed E-state index contributed by atoms with van der Waals surface area (Å²) in [6.45, 7) is 0. The lowest BCUT2D eigenvalue weighted by Gasteiger charge is -2.18. The maximum Gasteiger partial charge on any atom is 0.281 e. The van der Waals surface area contributed by atoms with Crippen molar-refractivity contribution in [3.05, 3.63) is 41.8 Å². The summed E-state index contributed by atoms with van der Waals surface area (Å²) in [6, 6.07) is 5.31. The number of aromatic amines is 1. The van der Waals surface area contributed by atoms with Crippen LogP contribution in [0.5, 0.6) is 0 Å². The Balaban J connectivity index is 2.45. The first-order chi connectivity index (χ1) is 8.96. The molecule has 1 aromatic carbocycles. The van der Waals surface area contributed by atoms with E-state index in [0.717, 1.165) is 10.4 Å². The highest BCUT2D eigenvalue weighted by atomic mass is 35.5. The van der Waals surface area contributed by atoms with Gasteiger partial charge in [-0.2, -0.15) is 13.5 Å². The Morgan fingerprint density at radius 2 is 2.21 bits per heavy atom. The predicted octanol–water partition coefficient (Wildman–Crippen LogP) is 2.11. The van der Waals surface area contributed by atoms with Gasteiger partial charge in [0.05, 0.1) is 17.8 Å². The molecule has 102 valence electrons. The lowest BCUT2D eigenvalue weighted by molar-refractivity contribution is 0.589. The van der Waals surface area contributed by atoms with Gasteiger partial charge in [-0.1, -0.05) is 6.07 Å². The molecule has 0 bridgehead atoms. The maximum absolute atomic E-state index is 13.1. The summed E-state index contributed by atoms with van der Waals surface area (Å²) in [5, 5.41) is 5.98. The summed E-state index contributed by atoms with van der Waals surface area (Å²) in [4.78, 5) is 0. The van der Waals surface area contributed by atoms with Gasteiger partial charge < -0.3 is 0 Å². The number of rotatable bonds is 4. The second-order valence-corrected chi connectivity index (χ2v) is 5.98. The van der Waals surface area contributed by atoms with Crippen molar-refractivity contribution in [2.45, 2.75) is 10.9 Å². The fraction of sp³-hybridized carbons (Fsp3) is 0.182. The van der Waals surface area contributed by atoms with Gasteiger partial charge >= 0.3 is 0 Å². The lowest BCUT2D eigenvalue weighted by atomic mass is 10.3. The van der Waals surface area contributed by atoms with Gasteiger partial charge in [0.15, 0.2) is 5.03 Å². The van der Waals surface area contributed by atoms with Crippen LogP contribution in [0, 0.1) is 5.82 Å². The molecule has 0 saturated carbocycles. The van der Waals surface area contributed by atoms with Crippen LogP contribution < -0.4 is 4.31 Å². The molecule has 0 saturated heterocycles. The van der Waals surface area contributed by atoms with Crippen LogP contribution in [0.25, 0.3) is 0 Å². The van der Waals surface area contributed by atoms with Crippen LogP contribution in [0.2, 0.25) is 0 Å². The molecule has 1 aromatic heterocycles. The third-order valence-electron chi connectivity index (χ3n) is 2.61. The minimum Gasteiger partial charge on any atom is -0.268 e. The molecule has 0 aliphatic heterocycles. The third-order valence-corrected chi connectivity index (χ3v) is 4.70. The highest BCUT2D eigenvalue weighted by Gasteiger charge is 2.26. The molecule has 0 radical (unpaired) electrons.